The number of carbonyl (C=O) groups is 1. The van der Waals surface area contributed by atoms with Crippen molar-refractivity contribution in [3.8, 4) is 0 Å². The van der Waals surface area contributed by atoms with Gasteiger partial charge < -0.3 is 5.73 Å². The van der Waals surface area contributed by atoms with Crippen LogP contribution < -0.4 is 5.73 Å². The van der Waals surface area contributed by atoms with Crippen molar-refractivity contribution in [3.63, 3.8) is 0 Å². The van der Waals surface area contributed by atoms with E-state index in [2.05, 4.69) is 0 Å². The van der Waals surface area contributed by atoms with Gasteiger partial charge in [-0.1, -0.05) is 29.8 Å². The van der Waals surface area contributed by atoms with E-state index in [1.54, 1.807) is 37.4 Å². The van der Waals surface area contributed by atoms with E-state index in [9.17, 15) is 4.79 Å². The summed E-state index contributed by atoms with van der Waals surface area (Å²) in [6, 6.07) is 8.82. The van der Waals surface area contributed by atoms with Crippen molar-refractivity contribution in [2.75, 3.05) is 5.73 Å². The molecule has 0 unspecified atom stereocenters. The van der Waals surface area contributed by atoms with Gasteiger partial charge in [-0.05, 0) is 24.6 Å². The molecule has 1 aromatic carbocycles. The summed E-state index contributed by atoms with van der Waals surface area (Å²) >= 11 is 5.66. The third-order valence-electron chi connectivity index (χ3n) is 2.69. The maximum Gasteiger partial charge on any atom is 0.263 e. The Hall–Kier alpha value is -2.07. The third kappa shape index (κ3) is 2.02. The number of rotatable bonds is 2. The first-order chi connectivity index (χ1) is 8.52. The number of nitrogens with one attached hydrogen (secondary N) is 1. The van der Waals surface area contributed by atoms with E-state index in [4.69, 9.17) is 22.7 Å². The van der Waals surface area contributed by atoms with E-state index in [0.717, 1.165) is 0 Å². The SMILES string of the molecule is Cc1cn(C(=O)c2ccccc2)c(N)c1C(=N)Cl. The summed E-state index contributed by atoms with van der Waals surface area (Å²) < 4.78 is 1.32. The second-order valence-electron chi connectivity index (χ2n) is 3.93. The van der Waals surface area contributed by atoms with E-state index in [1.165, 1.54) is 4.57 Å². The van der Waals surface area contributed by atoms with Gasteiger partial charge in [0.05, 0.1) is 5.56 Å². The van der Waals surface area contributed by atoms with Crippen LogP contribution in [0.25, 0.3) is 0 Å². The normalized spacial score (nSPS) is 10.3. The third-order valence-corrected chi connectivity index (χ3v) is 2.88. The van der Waals surface area contributed by atoms with Crippen molar-refractivity contribution < 1.29 is 4.79 Å². The van der Waals surface area contributed by atoms with Crippen molar-refractivity contribution in [1.29, 1.82) is 5.41 Å². The molecule has 2 aromatic rings. The molecule has 0 saturated heterocycles. The van der Waals surface area contributed by atoms with Crippen molar-refractivity contribution in [2.45, 2.75) is 6.92 Å². The smallest absolute Gasteiger partial charge is 0.263 e. The number of nitrogens with two attached hydrogens (primary N) is 1. The molecular formula is C13H12ClN3O. The van der Waals surface area contributed by atoms with Crippen LogP contribution >= 0.6 is 11.6 Å². The summed E-state index contributed by atoms with van der Waals surface area (Å²) in [6.07, 6.45) is 1.59. The van der Waals surface area contributed by atoms with Gasteiger partial charge in [0.2, 0.25) is 0 Å². The van der Waals surface area contributed by atoms with E-state index in [1.807, 2.05) is 6.07 Å². The summed E-state index contributed by atoms with van der Waals surface area (Å²) in [4.78, 5) is 12.2. The molecule has 1 heterocycles. The van der Waals surface area contributed by atoms with Crippen molar-refractivity contribution in [1.82, 2.24) is 4.57 Å². The van der Waals surface area contributed by atoms with E-state index in [-0.39, 0.29) is 16.9 Å². The van der Waals surface area contributed by atoms with Gasteiger partial charge in [-0.25, -0.2) is 0 Å². The number of carbonyl (C=O) groups excluding carboxylic acids is 1. The number of aromatic nitrogens is 1. The van der Waals surface area contributed by atoms with Crippen LogP contribution in [0.3, 0.4) is 0 Å². The standard InChI is InChI=1S/C13H12ClN3O/c1-8-7-17(12(16)10(8)11(14)15)13(18)9-5-3-2-4-6-9/h2-7,15H,16H2,1H3. The average molecular weight is 262 g/mol. The summed E-state index contributed by atoms with van der Waals surface area (Å²) in [5, 5.41) is 7.27. The minimum absolute atomic E-state index is 0.162. The molecule has 1 aromatic heterocycles. The quantitative estimate of drug-likeness (QED) is 0.816. The predicted molar refractivity (Wildman–Crippen MR) is 72.4 cm³/mol. The first-order valence-electron chi connectivity index (χ1n) is 5.34. The molecule has 3 N–H and O–H groups in total. The molecule has 2 rings (SSSR count). The van der Waals surface area contributed by atoms with Crippen molar-refractivity contribution >= 4 is 28.5 Å². The molecule has 5 heteroatoms. The van der Waals surface area contributed by atoms with Crippen LogP contribution in [0.15, 0.2) is 36.5 Å². The Labute approximate surface area is 109 Å². The van der Waals surface area contributed by atoms with Gasteiger partial charge in [-0.15, -0.1) is 0 Å². The highest BCUT2D eigenvalue weighted by Gasteiger charge is 2.18. The van der Waals surface area contributed by atoms with E-state index < -0.39 is 0 Å². The molecule has 0 spiro atoms. The van der Waals surface area contributed by atoms with Gasteiger partial charge in [-0.2, -0.15) is 0 Å². The summed E-state index contributed by atoms with van der Waals surface area (Å²) in [7, 11) is 0. The minimum Gasteiger partial charge on any atom is -0.384 e. The molecule has 0 fully saturated rings. The van der Waals surface area contributed by atoms with Gasteiger partial charge in [0.1, 0.15) is 11.0 Å². The second kappa shape index (κ2) is 4.66. The molecular weight excluding hydrogens is 250 g/mol. The van der Waals surface area contributed by atoms with Crippen LogP contribution in [0.4, 0.5) is 5.82 Å². The molecule has 0 atom stereocenters. The summed E-state index contributed by atoms with van der Waals surface area (Å²) in [5.41, 5.74) is 7.50. The first kappa shape index (κ1) is 12.4. The van der Waals surface area contributed by atoms with Crippen LogP contribution in [0.1, 0.15) is 21.5 Å². The van der Waals surface area contributed by atoms with Crippen molar-refractivity contribution in [2.24, 2.45) is 0 Å². The first-order valence-corrected chi connectivity index (χ1v) is 5.71. The number of benzene rings is 1. The van der Waals surface area contributed by atoms with Gasteiger partial charge in [0, 0.05) is 11.8 Å². The van der Waals surface area contributed by atoms with E-state index in [0.29, 0.717) is 16.7 Å². The molecule has 0 radical (unpaired) electrons. The number of halogens is 1. The lowest BCUT2D eigenvalue weighted by Gasteiger charge is -2.05. The molecule has 0 saturated carbocycles. The molecule has 4 nitrogen and oxygen atoms in total. The monoisotopic (exact) mass is 261 g/mol. The van der Waals surface area contributed by atoms with Gasteiger partial charge in [0.25, 0.3) is 5.91 Å². The van der Waals surface area contributed by atoms with Crippen LogP contribution in [-0.4, -0.2) is 15.6 Å². The lowest BCUT2D eigenvalue weighted by atomic mass is 10.2. The number of hydrogen-bond acceptors (Lipinski definition) is 3. The maximum atomic E-state index is 12.2. The van der Waals surface area contributed by atoms with Crippen molar-refractivity contribution in [3.05, 3.63) is 53.2 Å². The Bertz CT molecular complexity index is 617. The summed E-state index contributed by atoms with van der Waals surface area (Å²) in [5.74, 6) is -0.0401. The van der Waals surface area contributed by atoms with Gasteiger partial charge in [-0.3, -0.25) is 14.8 Å². The fourth-order valence-electron chi connectivity index (χ4n) is 1.82. The topological polar surface area (TPSA) is 71.9 Å². The van der Waals surface area contributed by atoms with Crippen LogP contribution in [0.5, 0.6) is 0 Å². The number of hydrogen-bond donors (Lipinski definition) is 2. The molecule has 0 bridgehead atoms. The molecule has 0 aliphatic carbocycles. The van der Waals surface area contributed by atoms with Crippen LogP contribution in [-0.2, 0) is 0 Å². The van der Waals surface area contributed by atoms with Crippen LogP contribution in [0.2, 0.25) is 0 Å². The number of nitrogen functional groups attached to an aromatic ring is 1. The lowest BCUT2D eigenvalue weighted by Crippen LogP contribution is -2.14. The lowest BCUT2D eigenvalue weighted by molar-refractivity contribution is 0.0962. The molecule has 0 aliphatic heterocycles. The maximum absolute atomic E-state index is 12.2. The Morgan fingerprint density at radius 3 is 2.44 bits per heavy atom. The number of nitrogens with zero attached hydrogens (tertiary/aromatic N) is 1. The second-order valence-corrected chi connectivity index (χ2v) is 4.31. The molecule has 18 heavy (non-hydrogen) atoms. The zero-order valence-corrected chi connectivity index (χ0v) is 10.5. The highest BCUT2D eigenvalue weighted by atomic mass is 35.5. The summed E-state index contributed by atoms with van der Waals surface area (Å²) in [6.45, 7) is 1.76. The zero-order chi connectivity index (χ0) is 13.3. The molecule has 92 valence electrons. The number of anilines is 1. The predicted octanol–water partition coefficient (Wildman–Crippen LogP) is 2.63. The minimum atomic E-state index is -0.236. The van der Waals surface area contributed by atoms with Gasteiger partial charge in [0.15, 0.2) is 0 Å². The van der Waals surface area contributed by atoms with E-state index >= 15 is 0 Å². The fourth-order valence-corrected chi connectivity index (χ4v) is 2.07. The Kier molecular flexibility index (Phi) is 3.21. The largest absolute Gasteiger partial charge is 0.384 e. The highest BCUT2D eigenvalue weighted by molar-refractivity contribution is 6.69. The fraction of sp³-hybridized carbons (Fsp3) is 0.0769. The molecule has 0 amide bonds. The van der Waals surface area contributed by atoms with Gasteiger partial charge >= 0.3 is 0 Å². The molecule has 0 aliphatic rings. The number of aryl methyl sites for hydroxylation is 1. The average Bonchev–Trinajstić information content (AvgIpc) is 2.65. The van der Waals surface area contributed by atoms with Crippen LogP contribution in [0, 0.1) is 12.3 Å². The Morgan fingerprint density at radius 1 is 1.33 bits per heavy atom. The highest BCUT2D eigenvalue weighted by Crippen LogP contribution is 2.22. The zero-order valence-electron chi connectivity index (χ0n) is 9.77. The Morgan fingerprint density at radius 2 is 1.94 bits per heavy atom. The Balaban J connectivity index is 2.51.